The van der Waals surface area contributed by atoms with Crippen molar-refractivity contribution in [2.45, 2.75) is 0 Å². The molecule has 1 aromatic carbocycles. The Bertz CT molecular complexity index is 512. The monoisotopic (exact) mass is 231 g/mol. The Morgan fingerprint density at radius 1 is 1.07 bits per heavy atom. The second-order valence-electron chi connectivity index (χ2n) is 2.72. The highest BCUT2D eigenvalue weighted by Crippen LogP contribution is 2.28. The molecule has 0 spiro atoms. The molecule has 78 valence electrons. The molecule has 0 atom stereocenters. The van der Waals surface area contributed by atoms with Gasteiger partial charge in [0.05, 0.1) is 11.7 Å². The second-order valence-corrected chi connectivity index (χ2v) is 3.25. The number of hydrogen-bond acceptors (Lipinski definition) is 4. The lowest BCUT2D eigenvalue weighted by Gasteiger charge is -2.01. The zero-order valence-electron chi connectivity index (χ0n) is 7.17. The summed E-state index contributed by atoms with van der Waals surface area (Å²) in [4.78, 5) is 0. The number of nitrogens with two attached hydrogens (primary N) is 1. The highest BCUT2D eigenvalue weighted by Gasteiger charge is 2.18. The average Bonchev–Trinajstić information content (AvgIpc) is 2.62. The molecule has 3 nitrogen and oxygen atoms in total. The van der Waals surface area contributed by atoms with E-state index in [1.54, 1.807) is 0 Å². The van der Waals surface area contributed by atoms with Crippen LogP contribution in [0.5, 0.6) is 0 Å². The van der Waals surface area contributed by atoms with Gasteiger partial charge in [-0.3, -0.25) is 0 Å². The summed E-state index contributed by atoms with van der Waals surface area (Å²) in [6.07, 6.45) is 0. The summed E-state index contributed by atoms with van der Waals surface area (Å²) in [6.45, 7) is 0. The van der Waals surface area contributed by atoms with Crippen LogP contribution >= 0.6 is 11.7 Å². The number of anilines is 1. The molecule has 0 aliphatic heterocycles. The average molecular weight is 231 g/mol. The normalized spacial score (nSPS) is 10.6. The second kappa shape index (κ2) is 3.50. The van der Waals surface area contributed by atoms with Crippen LogP contribution in [0.3, 0.4) is 0 Å². The molecule has 2 N–H and O–H groups in total. The van der Waals surface area contributed by atoms with Crippen molar-refractivity contribution in [3.63, 3.8) is 0 Å². The van der Waals surface area contributed by atoms with Crippen LogP contribution in [-0.2, 0) is 0 Å². The smallest absolute Gasteiger partial charge is 0.195 e. The van der Waals surface area contributed by atoms with E-state index in [9.17, 15) is 13.2 Å². The minimum Gasteiger partial charge on any atom is -0.381 e. The van der Waals surface area contributed by atoms with Gasteiger partial charge in [0, 0.05) is 5.56 Å². The van der Waals surface area contributed by atoms with Gasteiger partial charge in [-0.2, -0.15) is 8.75 Å². The Kier molecular flexibility index (Phi) is 2.31. The molecule has 2 aromatic rings. The Hall–Kier alpha value is -1.63. The minimum atomic E-state index is -1.54. The van der Waals surface area contributed by atoms with Crippen LogP contribution < -0.4 is 5.73 Å². The van der Waals surface area contributed by atoms with Gasteiger partial charge >= 0.3 is 0 Å². The van der Waals surface area contributed by atoms with Gasteiger partial charge in [-0.15, -0.1) is 0 Å². The van der Waals surface area contributed by atoms with Gasteiger partial charge in [0.1, 0.15) is 5.69 Å². The van der Waals surface area contributed by atoms with Crippen molar-refractivity contribution in [3.05, 3.63) is 29.6 Å². The predicted octanol–water partition coefficient (Wildman–Crippen LogP) is 2.20. The quantitative estimate of drug-likeness (QED) is 0.765. The number of aromatic nitrogens is 2. The molecular formula is C8H4F3N3S. The van der Waals surface area contributed by atoms with Crippen molar-refractivity contribution < 1.29 is 13.2 Å². The molecule has 0 aliphatic carbocycles. The summed E-state index contributed by atoms with van der Waals surface area (Å²) in [6, 6.07) is 1.88. The largest absolute Gasteiger partial charge is 0.381 e. The fraction of sp³-hybridized carbons (Fsp3) is 0. The summed E-state index contributed by atoms with van der Waals surface area (Å²) >= 11 is 0.772. The lowest BCUT2D eigenvalue weighted by Crippen LogP contribution is -1.96. The van der Waals surface area contributed by atoms with Crippen molar-refractivity contribution in [1.82, 2.24) is 8.75 Å². The van der Waals surface area contributed by atoms with E-state index in [-0.39, 0.29) is 17.1 Å². The van der Waals surface area contributed by atoms with Gasteiger partial charge < -0.3 is 5.73 Å². The summed E-state index contributed by atoms with van der Waals surface area (Å²) < 4.78 is 46.1. The van der Waals surface area contributed by atoms with E-state index in [0.29, 0.717) is 0 Å². The summed E-state index contributed by atoms with van der Waals surface area (Å²) in [7, 11) is 0. The molecule has 0 aliphatic rings. The van der Waals surface area contributed by atoms with Crippen LogP contribution in [-0.4, -0.2) is 8.75 Å². The first-order valence-corrected chi connectivity index (χ1v) is 4.56. The zero-order chi connectivity index (χ0) is 11.0. The molecule has 0 radical (unpaired) electrons. The molecule has 7 heteroatoms. The van der Waals surface area contributed by atoms with Gasteiger partial charge in [-0.05, 0) is 12.1 Å². The first-order valence-electron chi connectivity index (χ1n) is 3.83. The molecule has 0 saturated heterocycles. The number of benzene rings is 1. The standard InChI is InChI=1S/C8H4F3N3S/c9-4-2-1-3(5(10)6(4)11)7-8(12)14-15-13-7/h1-2H,(H2,12,14). The third kappa shape index (κ3) is 1.54. The van der Waals surface area contributed by atoms with Gasteiger partial charge in [0.25, 0.3) is 0 Å². The third-order valence-corrected chi connectivity index (χ3v) is 2.35. The van der Waals surface area contributed by atoms with Crippen molar-refractivity contribution in [2.75, 3.05) is 5.73 Å². The summed E-state index contributed by atoms with van der Waals surface area (Å²) in [5, 5.41) is 0. The van der Waals surface area contributed by atoms with Gasteiger partial charge in [0.2, 0.25) is 0 Å². The predicted molar refractivity (Wildman–Crippen MR) is 49.6 cm³/mol. The first kappa shape index (κ1) is 9.91. The molecule has 0 fully saturated rings. The van der Waals surface area contributed by atoms with Crippen molar-refractivity contribution in [1.29, 1.82) is 0 Å². The SMILES string of the molecule is Nc1nsnc1-c1ccc(F)c(F)c1F. The highest BCUT2D eigenvalue weighted by atomic mass is 32.1. The Morgan fingerprint density at radius 3 is 2.40 bits per heavy atom. The maximum absolute atomic E-state index is 13.3. The van der Waals surface area contributed by atoms with Crippen molar-refractivity contribution >= 4 is 17.5 Å². The first-order chi connectivity index (χ1) is 7.11. The number of halogens is 3. The highest BCUT2D eigenvalue weighted by molar-refractivity contribution is 6.99. The van der Waals surface area contributed by atoms with Gasteiger partial charge in [-0.25, -0.2) is 13.2 Å². The topological polar surface area (TPSA) is 51.8 Å². The van der Waals surface area contributed by atoms with Crippen LogP contribution in [0.1, 0.15) is 0 Å². The molecule has 15 heavy (non-hydrogen) atoms. The molecule has 1 aromatic heterocycles. The van der Waals surface area contributed by atoms with Crippen molar-refractivity contribution in [2.24, 2.45) is 0 Å². The third-order valence-electron chi connectivity index (χ3n) is 1.80. The van der Waals surface area contributed by atoms with Gasteiger partial charge in [-0.1, -0.05) is 0 Å². The van der Waals surface area contributed by atoms with E-state index in [1.165, 1.54) is 0 Å². The van der Waals surface area contributed by atoms with E-state index in [2.05, 4.69) is 8.75 Å². The molecule has 1 heterocycles. The summed E-state index contributed by atoms with van der Waals surface area (Å²) in [5.41, 5.74) is 5.21. The van der Waals surface area contributed by atoms with Crippen LogP contribution in [0.25, 0.3) is 11.3 Å². The molecule has 0 amide bonds. The number of rotatable bonds is 1. The number of hydrogen-bond donors (Lipinski definition) is 1. The minimum absolute atomic E-state index is 0.00934. The molecule has 2 rings (SSSR count). The van der Waals surface area contributed by atoms with Crippen LogP contribution in [0.4, 0.5) is 19.0 Å². The van der Waals surface area contributed by atoms with E-state index < -0.39 is 17.5 Å². The number of nitrogens with zero attached hydrogens (tertiary/aromatic N) is 2. The van der Waals surface area contributed by atoms with Crippen LogP contribution in [0.2, 0.25) is 0 Å². The number of nitrogen functional groups attached to an aromatic ring is 1. The Balaban J connectivity index is 2.65. The fourth-order valence-electron chi connectivity index (χ4n) is 1.09. The maximum atomic E-state index is 13.3. The lowest BCUT2D eigenvalue weighted by atomic mass is 10.1. The van der Waals surface area contributed by atoms with Crippen LogP contribution in [0.15, 0.2) is 12.1 Å². The molecule has 0 bridgehead atoms. The fourth-order valence-corrected chi connectivity index (χ4v) is 1.58. The van der Waals surface area contributed by atoms with E-state index in [0.717, 1.165) is 23.9 Å². The molecule has 0 saturated carbocycles. The lowest BCUT2D eigenvalue weighted by molar-refractivity contribution is 0.449. The Morgan fingerprint density at radius 2 is 1.80 bits per heavy atom. The zero-order valence-corrected chi connectivity index (χ0v) is 7.99. The Labute approximate surface area is 86.7 Å². The van der Waals surface area contributed by atoms with E-state index in [4.69, 9.17) is 5.73 Å². The maximum Gasteiger partial charge on any atom is 0.195 e. The van der Waals surface area contributed by atoms with E-state index in [1.807, 2.05) is 0 Å². The van der Waals surface area contributed by atoms with Crippen LogP contribution in [0, 0.1) is 17.5 Å². The molecule has 0 unspecified atom stereocenters. The molecular weight excluding hydrogens is 227 g/mol. The van der Waals surface area contributed by atoms with E-state index >= 15 is 0 Å². The van der Waals surface area contributed by atoms with Gasteiger partial charge in [0.15, 0.2) is 23.3 Å². The van der Waals surface area contributed by atoms with Crippen molar-refractivity contribution in [3.8, 4) is 11.3 Å². The summed E-state index contributed by atoms with van der Waals surface area (Å²) in [5.74, 6) is -4.11.